The normalized spacial score (nSPS) is 17.8. The second-order valence-electron chi connectivity index (χ2n) is 8.92. The van der Waals surface area contributed by atoms with Crippen LogP contribution >= 0.6 is 0 Å². The van der Waals surface area contributed by atoms with Crippen molar-refractivity contribution in [3.8, 4) is 0 Å². The number of fused-ring (bicyclic) bond motifs is 1. The van der Waals surface area contributed by atoms with E-state index in [0.29, 0.717) is 25.7 Å². The number of likely N-dealkylation sites (tertiary alicyclic amines) is 1. The van der Waals surface area contributed by atoms with Gasteiger partial charge in [-0.05, 0) is 55.5 Å². The molecule has 3 atom stereocenters. The van der Waals surface area contributed by atoms with Gasteiger partial charge in [-0.3, -0.25) is 14.6 Å². The zero-order valence-electron chi connectivity index (χ0n) is 20.3. The summed E-state index contributed by atoms with van der Waals surface area (Å²) in [7, 11) is -4.23. The van der Waals surface area contributed by atoms with Gasteiger partial charge in [0.05, 0.1) is 11.0 Å². The van der Waals surface area contributed by atoms with Crippen LogP contribution in [0.4, 0.5) is 0 Å². The van der Waals surface area contributed by atoms with Crippen molar-refractivity contribution >= 4 is 38.6 Å². The van der Waals surface area contributed by atoms with Gasteiger partial charge in [0.2, 0.25) is 21.8 Å². The number of rotatable bonds is 11. The number of nitrogens with two attached hydrogens (primary N) is 3. The van der Waals surface area contributed by atoms with Crippen molar-refractivity contribution in [2.24, 2.45) is 22.2 Å². The van der Waals surface area contributed by atoms with Gasteiger partial charge in [0.15, 0.2) is 5.96 Å². The van der Waals surface area contributed by atoms with E-state index in [0.717, 1.165) is 15.1 Å². The Bertz CT molecular complexity index is 1230. The highest BCUT2D eigenvalue weighted by Crippen LogP contribution is 2.27. The summed E-state index contributed by atoms with van der Waals surface area (Å²) in [6.07, 6.45) is 0.389. The van der Waals surface area contributed by atoms with E-state index in [2.05, 4.69) is 4.99 Å². The molecule has 1 heterocycles. The number of primary amides is 1. The van der Waals surface area contributed by atoms with Gasteiger partial charge in [-0.2, -0.15) is 4.31 Å². The standard InChI is InChI=1S/C24H34N6O5S/c1-16(31)21(23(33)29-13-6-9-20(29)22(25)32)30(14-5-4-12-28-24(26)27)36(34,35)19-11-10-17-7-2-3-8-18(17)15-19/h2-3,7-8,10-11,15-16,20-21,31H,4-6,9,12-14H2,1H3,(H2,25,32)(H4,26,27,28)/t16-,20-,21-/m0/s1. The number of unbranched alkanes of at least 4 members (excludes halogenated alkanes) is 1. The molecule has 7 N–H and O–H groups in total. The molecule has 0 bridgehead atoms. The van der Waals surface area contributed by atoms with Crippen LogP contribution in [-0.4, -0.2) is 78.3 Å². The van der Waals surface area contributed by atoms with Crippen LogP contribution in [0.2, 0.25) is 0 Å². The monoisotopic (exact) mass is 518 g/mol. The van der Waals surface area contributed by atoms with Crippen LogP contribution in [0.5, 0.6) is 0 Å². The van der Waals surface area contributed by atoms with Crippen molar-refractivity contribution in [2.75, 3.05) is 19.6 Å². The maximum Gasteiger partial charge on any atom is 0.244 e. The number of hydrogen-bond acceptors (Lipinski definition) is 6. The Hall–Kier alpha value is -3.22. The quantitative estimate of drug-likeness (QED) is 0.185. The zero-order chi connectivity index (χ0) is 26.5. The largest absolute Gasteiger partial charge is 0.391 e. The molecule has 2 aromatic carbocycles. The van der Waals surface area contributed by atoms with Crippen molar-refractivity contribution in [3.63, 3.8) is 0 Å². The van der Waals surface area contributed by atoms with Gasteiger partial charge in [0.1, 0.15) is 12.1 Å². The van der Waals surface area contributed by atoms with E-state index in [1.54, 1.807) is 24.3 Å². The number of guanidine groups is 1. The molecule has 2 amide bonds. The highest BCUT2D eigenvalue weighted by atomic mass is 32.2. The molecule has 36 heavy (non-hydrogen) atoms. The predicted octanol–water partition coefficient (Wildman–Crippen LogP) is 0.110. The molecule has 1 fully saturated rings. The number of hydrogen-bond donors (Lipinski definition) is 4. The van der Waals surface area contributed by atoms with Crippen LogP contribution in [0, 0.1) is 0 Å². The van der Waals surface area contributed by atoms with Crippen molar-refractivity contribution in [2.45, 2.75) is 55.7 Å². The smallest absolute Gasteiger partial charge is 0.244 e. The third kappa shape index (κ3) is 6.12. The number of carbonyl (C=O) groups is 2. The number of nitrogens with zero attached hydrogens (tertiary/aromatic N) is 3. The fourth-order valence-corrected chi connectivity index (χ4v) is 6.25. The Labute approximate surface area is 211 Å². The number of aliphatic imine (C=N–C) groups is 1. The lowest BCUT2D eigenvalue weighted by Crippen LogP contribution is -2.58. The lowest BCUT2D eigenvalue weighted by Gasteiger charge is -2.35. The number of carbonyl (C=O) groups excluding carboxylic acids is 2. The van der Waals surface area contributed by atoms with E-state index in [9.17, 15) is 23.1 Å². The summed E-state index contributed by atoms with van der Waals surface area (Å²) in [5.41, 5.74) is 16.2. The maximum absolute atomic E-state index is 13.9. The molecular formula is C24H34N6O5S. The summed E-state index contributed by atoms with van der Waals surface area (Å²) < 4.78 is 28.9. The highest BCUT2D eigenvalue weighted by molar-refractivity contribution is 7.89. The summed E-state index contributed by atoms with van der Waals surface area (Å²) in [6.45, 7) is 1.84. The Morgan fingerprint density at radius 1 is 1.14 bits per heavy atom. The van der Waals surface area contributed by atoms with E-state index in [-0.39, 0.29) is 30.5 Å². The second-order valence-corrected chi connectivity index (χ2v) is 10.8. The van der Waals surface area contributed by atoms with Crippen molar-refractivity contribution < 1.29 is 23.1 Å². The van der Waals surface area contributed by atoms with Crippen molar-refractivity contribution in [3.05, 3.63) is 42.5 Å². The predicted molar refractivity (Wildman–Crippen MR) is 137 cm³/mol. The molecule has 0 spiro atoms. The van der Waals surface area contributed by atoms with Gasteiger partial charge < -0.3 is 27.2 Å². The molecule has 0 aromatic heterocycles. The summed E-state index contributed by atoms with van der Waals surface area (Å²) in [4.78, 5) is 30.7. The molecule has 1 aliphatic rings. The van der Waals surface area contributed by atoms with E-state index < -0.39 is 40.0 Å². The zero-order valence-corrected chi connectivity index (χ0v) is 21.1. The Kier molecular flexibility index (Phi) is 8.88. The van der Waals surface area contributed by atoms with E-state index >= 15 is 0 Å². The van der Waals surface area contributed by atoms with Crippen LogP contribution in [0.3, 0.4) is 0 Å². The Morgan fingerprint density at radius 3 is 2.47 bits per heavy atom. The van der Waals surface area contributed by atoms with Gasteiger partial charge in [0, 0.05) is 19.6 Å². The fourth-order valence-electron chi connectivity index (χ4n) is 4.53. The lowest BCUT2D eigenvalue weighted by molar-refractivity contribution is -0.143. The molecule has 0 radical (unpaired) electrons. The van der Waals surface area contributed by atoms with Crippen molar-refractivity contribution in [1.82, 2.24) is 9.21 Å². The SMILES string of the molecule is C[C@H](O)[C@@H](C(=O)N1CCC[C@H]1C(N)=O)N(CCCCN=C(N)N)S(=O)(=O)c1ccc2ccccc2c1. The molecule has 196 valence electrons. The number of benzene rings is 2. The van der Waals surface area contributed by atoms with Crippen LogP contribution in [0.25, 0.3) is 10.8 Å². The van der Waals surface area contributed by atoms with Gasteiger partial charge in [0.25, 0.3) is 0 Å². The fraction of sp³-hybridized carbons (Fsp3) is 0.458. The van der Waals surface area contributed by atoms with Crippen molar-refractivity contribution in [1.29, 1.82) is 0 Å². The molecule has 2 aromatic rings. The number of aliphatic hydroxyl groups is 1. The number of amides is 2. The first-order valence-corrected chi connectivity index (χ1v) is 13.3. The second kappa shape index (κ2) is 11.7. The van der Waals surface area contributed by atoms with Gasteiger partial charge >= 0.3 is 0 Å². The molecule has 1 saturated heterocycles. The average Bonchev–Trinajstić information content (AvgIpc) is 3.32. The third-order valence-corrected chi connectivity index (χ3v) is 8.17. The summed E-state index contributed by atoms with van der Waals surface area (Å²) in [6, 6.07) is 9.77. The first-order chi connectivity index (χ1) is 17.0. The summed E-state index contributed by atoms with van der Waals surface area (Å²) in [5, 5.41) is 12.3. The van der Waals surface area contributed by atoms with E-state index in [1.807, 2.05) is 12.1 Å². The molecule has 1 aliphatic heterocycles. The molecule has 0 unspecified atom stereocenters. The Balaban J connectivity index is 2.00. The topological polar surface area (TPSA) is 185 Å². The van der Waals surface area contributed by atoms with Gasteiger partial charge in [-0.1, -0.05) is 30.3 Å². The minimum absolute atomic E-state index is 0.00301. The van der Waals surface area contributed by atoms with Crippen LogP contribution < -0.4 is 17.2 Å². The highest BCUT2D eigenvalue weighted by Gasteiger charge is 2.44. The summed E-state index contributed by atoms with van der Waals surface area (Å²) >= 11 is 0. The minimum Gasteiger partial charge on any atom is -0.391 e. The number of sulfonamides is 1. The maximum atomic E-state index is 13.9. The number of aliphatic hydroxyl groups excluding tert-OH is 1. The first-order valence-electron chi connectivity index (χ1n) is 11.9. The van der Waals surface area contributed by atoms with E-state index in [4.69, 9.17) is 17.2 Å². The molecule has 3 rings (SSSR count). The van der Waals surface area contributed by atoms with Gasteiger partial charge in [-0.25, -0.2) is 8.42 Å². The van der Waals surface area contributed by atoms with E-state index in [1.165, 1.54) is 17.9 Å². The van der Waals surface area contributed by atoms with Crippen LogP contribution in [0.15, 0.2) is 52.4 Å². The lowest BCUT2D eigenvalue weighted by atomic mass is 10.1. The molecule has 0 saturated carbocycles. The third-order valence-electron chi connectivity index (χ3n) is 6.29. The Morgan fingerprint density at radius 2 is 1.83 bits per heavy atom. The van der Waals surface area contributed by atoms with Crippen LogP contribution in [-0.2, 0) is 19.6 Å². The minimum atomic E-state index is -4.23. The average molecular weight is 519 g/mol. The van der Waals surface area contributed by atoms with Gasteiger partial charge in [-0.15, -0.1) is 0 Å². The molecule has 12 heteroatoms. The summed E-state index contributed by atoms with van der Waals surface area (Å²) in [5.74, 6) is -1.38. The molecule has 11 nitrogen and oxygen atoms in total. The molecular weight excluding hydrogens is 484 g/mol. The first kappa shape index (κ1) is 27.4. The molecule has 0 aliphatic carbocycles. The van der Waals surface area contributed by atoms with Crippen LogP contribution in [0.1, 0.15) is 32.6 Å².